The molecule has 0 saturated carbocycles. The number of hydrogen-bond donors (Lipinski definition) is 1. The summed E-state index contributed by atoms with van der Waals surface area (Å²) in [4.78, 5) is 2.44. The first kappa shape index (κ1) is 15.7. The van der Waals surface area contributed by atoms with Crippen molar-refractivity contribution >= 4 is 0 Å². The summed E-state index contributed by atoms with van der Waals surface area (Å²) in [5.74, 6) is 0. The highest BCUT2D eigenvalue weighted by Crippen LogP contribution is 2.09. The van der Waals surface area contributed by atoms with E-state index in [2.05, 4.69) is 60.4 Å². The van der Waals surface area contributed by atoms with Gasteiger partial charge in [-0.05, 0) is 43.8 Å². The molecule has 0 spiro atoms. The number of nitrogens with one attached hydrogen (secondary N) is 1. The van der Waals surface area contributed by atoms with Gasteiger partial charge in [0.25, 0.3) is 0 Å². The van der Waals surface area contributed by atoms with Crippen molar-refractivity contribution in [3.8, 4) is 5.69 Å². The van der Waals surface area contributed by atoms with Crippen LogP contribution in [0.5, 0.6) is 0 Å². The number of rotatable bonds is 8. The average molecular weight is 286 g/mol. The molecule has 1 unspecified atom stereocenters. The zero-order valence-electron chi connectivity index (χ0n) is 13.3. The summed E-state index contributed by atoms with van der Waals surface area (Å²) in [6, 6.07) is 10.9. The van der Waals surface area contributed by atoms with Crippen molar-refractivity contribution in [2.75, 3.05) is 19.6 Å². The van der Waals surface area contributed by atoms with E-state index in [1.54, 1.807) is 6.20 Å². The van der Waals surface area contributed by atoms with Gasteiger partial charge in [-0.1, -0.05) is 26.0 Å². The fourth-order valence-electron chi connectivity index (χ4n) is 2.46. The van der Waals surface area contributed by atoms with Gasteiger partial charge in [0.15, 0.2) is 0 Å². The molecular formula is C17H26N4. The highest BCUT2D eigenvalue weighted by atomic mass is 15.3. The highest BCUT2D eigenvalue weighted by molar-refractivity contribution is 5.34. The van der Waals surface area contributed by atoms with E-state index < -0.39 is 0 Å². The first-order valence-corrected chi connectivity index (χ1v) is 7.77. The Hall–Kier alpha value is -1.65. The van der Waals surface area contributed by atoms with Gasteiger partial charge in [0.2, 0.25) is 0 Å². The van der Waals surface area contributed by atoms with E-state index in [4.69, 9.17) is 0 Å². The zero-order chi connectivity index (χ0) is 15.1. The molecule has 0 fully saturated rings. The lowest BCUT2D eigenvalue weighted by Crippen LogP contribution is -2.38. The third-order valence-electron chi connectivity index (χ3n) is 3.76. The van der Waals surface area contributed by atoms with Crippen LogP contribution in [0.2, 0.25) is 0 Å². The van der Waals surface area contributed by atoms with Crippen LogP contribution < -0.4 is 5.32 Å². The molecule has 0 aliphatic carbocycles. The van der Waals surface area contributed by atoms with E-state index in [-0.39, 0.29) is 0 Å². The molecular weight excluding hydrogens is 260 g/mol. The minimum atomic E-state index is 0.484. The second kappa shape index (κ2) is 7.96. The van der Waals surface area contributed by atoms with Gasteiger partial charge in [-0.2, -0.15) is 5.10 Å². The van der Waals surface area contributed by atoms with Crippen LogP contribution in [0.1, 0.15) is 26.3 Å². The maximum Gasteiger partial charge on any atom is 0.0648 e. The van der Waals surface area contributed by atoms with E-state index in [9.17, 15) is 0 Å². The molecule has 2 rings (SSSR count). The Labute approximate surface area is 127 Å². The van der Waals surface area contributed by atoms with Gasteiger partial charge in [-0.3, -0.25) is 0 Å². The molecule has 0 bridgehead atoms. The molecule has 4 heteroatoms. The lowest BCUT2D eigenvalue weighted by Gasteiger charge is -2.23. The first-order chi connectivity index (χ1) is 10.2. The zero-order valence-corrected chi connectivity index (χ0v) is 13.3. The Morgan fingerprint density at radius 3 is 2.71 bits per heavy atom. The maximum absolute atomic E-state index is 4.27. The lowest BCUT2D eigenvalue weighted by molar-refractivity contribution is 0.270. The Morgan fingerprint density at radius 1 is 1.24 bits per heavy atom. The molecule has 0 aliphatic heterocycles. The van der Waals surface area contributed by atoms with Crippen molar-refractivity contribution < 1.29 is 0 Å². The molecule has 21 heavy (non-hydrogen) atoms. The molecule has 2 aromatic rings. The van der Waals surface area contributed by atoms with E-state index in [1.807, 2.05) is 16.9 Å². The monoisotopic (exact) mass is 286 g/mol. The van der Waals surface area contributed by atoms with Crippen LogP contribution in [0.4, 0.5) is 0 Å². The fourth-order valence-corrected chi connectivity index (χ4v) is 2.46. The van der Waals surface area contributed by atoms with Gasteiger partial charge in [-0.15, -0.1) is 0 Å². The van der Waals surface area contributed by atoms with Gasteiger partial charge in [0.05, 0.1) is 5.69 Å². The van der Waals surface area contributed by atoms with Crippen molar-refractivity contribution in [2.45, 2.75) is 33.4 Å². The number of nitrogens with zero attached hydrogens (tertiary/aromatic N) is 3. The van der Waals surface area contributed by atoms with Crippen molar-refractivity contribution in [1.82, 2.24) is 20.0 Å². The predicted octanol–water partition coefficient (Wildman–Crippen LogP) is 2.69. The summed E-state index contributed by atoms with van der Waals surface area (Å²) in [5.41, 5.74) is 2.39. The van der Waals surface area contributed by atoms with Crippen LogP contribution >= 0.6 is 0 Å². The molecule has 1 aromatic carbocycles. The molecule has 114 valence electrons. The number of likely N-dealkylation sites (N-methyl/N-ethyl adjacent to an activating group) is 1. The molecule has 0 saturated heterocycles. The maximum atomic E-state index is 4.27. The second-order valence-corrected chi connectivity index (χ2v) is 5.39. The summed E-state index contributed by atoms with van der Waals surface area (Å²) < 4.78 is 1.89. The van der Waals surface area contributed by atoms with Crippen LogP contribution in [0, 0.1) is 0 Å². The molecule has 1 atom stereocenters. The topological polar surface area (TPSA) is 33.1 Å². The fraction of sp³-hybridized carbons (Fsp3) is 0.471. The number of aromatic nitrogens is 2. The molecule has 1 N–H and O–H groups in total. The normalized spacial score (nSPS) is 12.8. The largest absolute Gasteiger partial charge is 0.309 e. The van der Waals surface area contributed by atoms with E-state index >= 15 is 0 Å². The van der Waals surface area contributed by atoms with Gasteiger partial charge in [0, 0.05) is 31.5 Å². The predicted molar refractivity (Wildman–Crippen MR) is 87.7 cm³/mol. The van der Waals surface area contributed by atoms with Gasteiger partial charge in [-0.25, -0.2) is 4.68 Å². The summed E-state index contributed by atoms with van der Waals surface area (Å²) in [7, 11) is 0. The standard InChI is InChI=1S/C17H26N4/c1-4-20(5-2)14-15(3)18-13-16-8-6-9-17(12-16)21-11-7-10-19-21/h6-12,15,18H,4-5,13-14H2,1-3H3. The van der Waals surface area contributed by atoms with Crippen LogP contribution in [0.15, 0.2) is 42.7 Å². The molecule has 1 heterocycles. The third kappa shape index (κ3) is 4.69. The highest BCUT2D eigenvalue weighted by Gasteiger charge is 2.07. The van der Waals surface area contributed by atoms with Gasteiger partial charge in [0.1, 0.15) is 0 Å². The van der Waals surface area contributed by atoms with E-state index in [0.717, 1.165) is 31.9 Å². The van der Waals surface area contributed by atoms with E-state index in [0.29, 0.717) is 6.04 Å². The van der Waals surface area contributed by atoms with Crippen molar-refractivity contribution in [2.24, 2.45) is 0 Å². The van der Waals surface area contributed by atoms with Gasteiger partial charge >= 0.3 is 0 Å². The Bertz CT molecular complexity index is 517. The summed E-state index contributed by atoms with van der Waals surface area (Å²) in [6.07, 6.45) is 3.77. The first-order valence-electron chi connectivity index (χ1n) is 7.77. The van der Waals surface area contributed by atoms with Crippen molar-refractivity contribution in [1.29, 1.82) is 0 Å². The Kier molecular flexibility index (Phi) is 5.96. The molecule has 0 aliphatic rings. The Balaban J connectivity index is 1.90. The second-order valence-electron chi connectivity index (χ2n) is 5.39. The van der Waals surface area contributed by atoms with Gasteiger partial charge < -0.3 is 10.2 Å². The van der Waals surface area contributed by atoms with Crippen molar-refractivity contribution in [3.63, 3.8) is 0 Å². The summed E-state index contributed by atoms with van der Waals surface area (Å²) in [6.45, 7) is 10.9. The van der Waals surface area contributed by atoms with Crippen LogP contribution in [-0.2, 0) is 6.54 Å². The number of benzene rings is 1. The molecule has 1 aromatic heterocycles. The Morgan fingerprint density at radius 2 is 2.05 bits per heavy atom. The van der Waals surface area contributed by atoms with Crippen LogP contribution in [0.3, 0.4) is 0 Å². The molecule has 0 amide bonds. The minimum absolute atomic E-state index is 0.484. The number of hydrogen-bond acceptors (Lipinski definition) is 3. The quantitative estimate of drug-likeness (QED) is 0.810. The molecule has 4 nitrogen and oxygen atoms in total. The SMILES string of the molecule is CCN(CC)CC(C)NCc1cccc(-n2cccn2)c1. The third-order valence-corrected chi connectivity index (χ3v) is 3.76. The van der Waals surface area contributed by atoms with E-state index in [1.165, 1.54) is 5.56 Å². The minimum Gasteiger partial charge on any atom is -0.309 e. The summed E-state index contributed by atoms with van der Waals surface area (Å²) >= 11 is 0. The van der Waals surface area contributed by atoms with Crippen LogP contribution in [0.25, 0.3) is 5.69 Å². The van der Waals surface area contributed by atoms with Crippen molar-refractivity contribution in [3.05, 3.63) is 48.3 Å². The lowest BCUT2D eigenvalue weighted by atomic mass is 10.2. The average Bonchev–Trinajstić information content (AvgIpc) is 3.05. The molecule has 0 radical (unpaired) electrons. The van der Waals surface area contributed by atoms with Crippen LogP contribution in [-0.4, -0.2) is 40.4 Å². The summed E-state index contributed by atoms with van der Waals surface area (Å²) in [5, 5.41) is 7.87. The smallest absolute Gasteiger partial charge is 0.0648 e.